The largest absolute Gasteiger partial charge is 0.355 e. The van der Waals surface area contributed by atoms with Crippen molar-refractivity contribution in [1.29, 1.82) is 0 Å². The molecule has 0 radical (unpaired) electrons. The third-order valence-corrected chi connectivity index (χ3v) is 6.49. The average Bonchev–Trinajstić information content (AvgIpc) is 2.81. The van der Waals surface area contributed by atoms with E-state index in [0.29, 0.717) is 6.04 Å². The second-order valence-electron chi connectivity index (χ2n) is 7.95. The second-order valence-corrected chi connectivity index (χ2v) is 7.95. The number of hydrogen-bond donors (Lipinski definition) is 0. The van der Waals surface area contributed by atoms with E-state index in [2.05, 4.69) is 69.0 Å². The van der Waals surface area contributed by atoms with Crippen molar-refractivity contribution in [3.8, 4) is 0 Å². The summed E-state index contributed by atoms with van der Waals surface area (Å²) in [6.45, 7) is 9.19. The quantitative estimate of drug-likeness (QED) is 0.591. The summed E-state index contributed by atoms with van der Waals surface area (Å²) in [4.78, 5) is 2.78. The fourth-order valence-electron chi connectivity index (χ4n) is 5.28. The van der Waals surface area contributed by atoms with Gasteiger partial charge in [0.25, 0.3) is 0 Å². The molecule has 126 valence electrons. The smallest absolute Gasteiger partial charge is 0.0663 e. The van der Waals surface area contributed by atoms with E-state index in [1.165, 1.54) is 60.0 Å². The number of fused-ring (bicyclic) bond motifs is 2. The number of anilines is 1. The van der Waals surface area contributed by atoms with E-state index < -0.39 is 0 Å². The summed E-state index contributed by atoms with van der Waals surface area (Å²) in [5.41, 5.74) is 9.04. The van der Waals surface area contributed by atoms with Crippen LogP contribution < -0.4 is 4.90 Å². The summed E-state index contributed by atoms with van der Waals surface area (Å²) < 4.78 is 0. The number of hydrogen-bond acceptors (Lipinski definition) is 1. The molecule has 0 bridgehead atoms. The molecule has 1 aliphatic heterocycles. The van der Waals surface area contributed by atoms with Gasteiger partial charge in [-0.2, -0.15) is 0 Å². The van der Waals surface area contributed by atoms with E-state index in [0.717, 1.165) is 0 Å². The van der Waals surface area contributed by atoms with Crippen molar-refractivity contribution in [2.75, 3.05) is 4.90 Å². The van der Waals surface area contributed by atoms with Crippen LogP contribution in [0.4, 0.5) is 5.69 Å². The maximum absolute atomic E-state index is 2.78. The van der Waals surface area contributed by atoms with Crippen molar-refractivity contribution in [3.63, 3.8) is 0 Å². The van der Waals surface area contributed by atoms with Gasteiger partial charge in [-0.1, -0.05) is 49.6 Å². The van der Waals surface area contributed by atoms with E-state index >= 15 is 0 Å². The van der Waals surface area contributed by atoms with Crippen LogP contribution in [0.25, 0.3) is 0 Å². The summed E-state index contributed by atoms with van der Waals surface area (Å²) in [6, 6.07) is 14.4. The maximum atomic E-state index is 2.78. The fourth-order valence-corrected chi connectivity index (χ4v) is 5.28. The molecule has 1 unspecified atom stereocenters. The molecule has 2 aromatic rings. The van der Waals surface area contributed by atoms with Gasteiger partial charge in [-0.25, -0.2) is 0 Å². The molecule has 0 amide bonds. The van der Waals surface area contributed by atoms with Crippen molar-refractivity contribution in [2.45, 2.75) is 71.4 Å². The van der Waals surface area contributed by atoms with E-state index in [9.17, 15) is 0 Å². The molecule has 24 heavy (non-hydrogen) atoms. The molecule has 1 saturated carbocycles. The van der Waals surface area contributed by atoms with E-state index in [1.54, 1.807) is 5.56 Å². The zero-order valence-corrected chi connectivity index (χ0v) is 15.5. The third kappa shape index (κ3) is 2.13. The van der Waals surface area contributed by atoms with Crippen LogP contribution in [0.2, 0.25) is 0 Å². The Kier molecular flexibility index (Phi) is 3.71. The summed E-state index contributed by atoms with van der Waals surface area (Å²) in [6.07, 6.45) is 6.67. The Morgan fingerprint density at radius 2 is 1.67 bits per heavy atom. The van der Waals surface area contributed by atoms with Crippen LogP contribution in [-0.2, 0) is 5.54 Å². The first-order chi connectivity index (χ1) is 11.5. The standard InChI is InChI=1S/C23H29N/c1-16-14-17(2)18(3)22(15-16)24-19(4)20-10-6-7-11-21(20)23(24)12-8-5-9-13-23/h6-7,10-11,14-15,19H,5,8-9,12-13H2,1-4H3. The molecular weight excluding hydrogens is 290 g/mol. The van der Waals surface area contributed by atoms with Crippen molar-refractivity contribution in [1.82, 2.24) is 0 Å². The van der Waals surface area contributed by atoms with Crippen LogP contribution in [0.1, 0.15) is 72.9 Å². The molecule has 1 heterocycles. The minimum atomic E-state index is 0.208. The molecule has 4 rings (SSSR count). The van der Waals surface area contributed by atoms with E-state index in [-0.39, 0.29) is 5.54 Å². The SMILES string of the molecule is Cc1cc(C)c(C)c(N2C(C)c3ccccc3C23CCCCC3)c1. The lowest BCUT2D eigenvalue weighted by molar-refractivity contribution is 0.284. The summed E-state index contributed by atoms with van der Waals surface area (Å²) in [5, 5.41) is 0. The Labute approximate surface area is 146 Å². The number of aryl methyl sites for hydroxylation is 2. The fraction of sp³-hybridized carbons (Fsp3) is 0.478. The molecule has 1 nitrogen and oxygen atoms in total. The second kappa shape index (κ2) is 5.65. The molecular formula is C23H29N. The lowest BCUT2D eigenvalue weighted by Gasteiger charge is -2.46. The highest BCUT2D eigenvalue weighted by Crippen LogP contribution is 2.55. The Morgan fingerprint density at radius 1 is 0.958 bits per heavy atom. The van der Waals surface area contributed by atoms with Gasteiger partial charge < -0.3 is 4.90 Å². The van der Waals surface area contributed by atoms with Gasteiger partial charge in [-0.3, -0.25) is 0 Å². The van der Waals surface area contributed by atoms with E-state index in [1.807, 2.05) is 0 Å². The predicted octanol–water partition coefficient (Wildman–Crippen LogP) is 6.35. The maximum Gasteiger partial charge on any atom is 0.0663 e. The van der Waals surface area contributed by atoms with Crippen LogP contribution in [0, 0.1) is 20.8 Å². The first-order valence-corrected chi connectivity index (χ1v) is 9.51. The molecule has 1 heteroatoms. The molecule has 2 aromatic carbocycles. The van der Waals surface area contributed by atoms with Crippen molar-refractivity contribution in [2.24, 2.45) is 0 Å². The van der Waals surface area contributed by atoms with Crippen LogP contribution in [0.5, 0.6) is 0 Å². The summed E-state index contributed by atoms with van der Waals surface area (Å²) in [5.74, 6) is 0. The van der Waals surface area contributed by atoms with Crippen molar-refractivity contribution < 1.29 is 0 Å². The summed E-state index contributed by atoms with van der Waals surface area (Å²) in [7, 11) is 0. The molecule has 1 fully saturated rings. The minimum absolute atomic E-state index is 0.208. The topological polar surface area (TPSA) is 3.24 Å². The minimum Gasteiger partial charge on any atom is -0.355 e. The van der Waals surface area contributed by atoms with Gasteiger partial charge in [0.05, 0.1) is 11.6 Å². The summed E-state index contributed by atoms with van der Waals surface area (Å²) >= 11 is 0. The van der Waals surface area contributed by atoms with Crippen LogP contribution in [0.3, 0.4) is 0 Å². The van der Waals surface area contributed by atoms with Gasteiger partial charge in [-0.15, -0.1) is 0 Å². The lowest BCUT2D eigenvalue weighted by Crippen LogP contribution is -2.44. The Bertz CT molecular complexity index is 768. The Morgan fingerprint density at radius 3 is 2.42 bits per heavy atom. The normalized spacial score (nSPS) is 22.0. The van der Waals surface area contributed by atoms with Gasteiger partial charge in [0, 0.05) is 5.69 Å². The van der Waals surface area contributed by atoms with E-state index in [4.69, 9.17) is 0 Å². The molecule has 1 aliphatic carbocycles. The first kappa shape index (κ1) is 15.7. The number of nitrogens with zero attached hydrogens (tertiary/aromatic N) is 1. The number of rotatable bonds is 1. The highest BCUT2D eigenvalue weighted by molar-refractivity contribution is 5.66. The van der Waals surface area contributed by atoms with Gasteiger partial charge in [0.1, 0.15) is 0 Å². The Hall–Kier alpha value is -1.76. The number of benzene rings is 2. The monoisotopic (exact) mass is 319 g/mol. The highest BCUT2D eigenvalue weighted by atomic mass is 15.3. The zero-order valence-electron chi connectivity index (χ0n) is 15.5. The van der Waals surface area contributed by atoms with Gasteiger partial charge in [0.2, 0.25) is 0 Å². The molecule has 0 saturated heterocycles. The van der Waals surface area contributed by atoms with Crippen molar-refractivity contribution >= 4 is 5.69 Å². The molecule has 1 atom stereocenters. The van der Waals surface area contributed by atoms with Gasteiger partial charge >= 0.3 is 0 Å². The van der Waals surface area contributed by atoms with Crippen LogP contribution >= 0.6 is 0 Å². The first-order valence-electron chi connectivity index (χ1n) is 9.51. The van der Waals surface area contributed by atoms with Crippen molar-refractivity contribution in [3.05, 3.63) is 64.2 Å². The molecule has 1 spiro atoms. The van der Waals surface area contributed by atoms with Crippen LogP contribution in [0.15, 0.2) is 36.4 Å². The highest BCUT2D eigenvalue weighted by Gasteiger charge is 2.49. The molecule has 0 aromatic heterocycles. The lowest BCUT2D eigenvalue weighted by atomic mass is 9.76. The average molecular weight is 319 g/mol. The zero-order chi connectivity index (χ0) is 16.9. The Balaban J connectivity index is 1.94. The van der Waals surface area contributed by atoms with Crippen LogP contribution in [-0.4, -0.2) is 0 Å². The van der Waals surface area contributed by atoms with Gasteiger partial charge in [0.15, 0.2) is 0 Å². The molecule has 2 aliphatic rings. The molecule has 0 N–H and O–H groups in total. The predicted molar refractivity (Wildman–Crippen MR) is 103 cm³/mol. The third-order valence-electron chi connectivity index (χ3n) is 6.49. The van der Waals surface area contributed by atoms with Gasteiger partial charge in [-0.05, 0) is 74.4 Å².